The molecule has 0 N–H and O–H groups in total. The molecule has 2 unspecified atom stereocenters. The van der Waals surface area contributed by atoms with E-state index in [1.165, 1.54) is 68.9 Å². The van der Waals surface area contributed by atoms with Crippen LogP contribution in [0.4, 0.5) is 0 Å². The fourth-order valence-corrected chi connectivity index (χ4v) is 6.10. The Kier molecular flexibility index (Phi) is 3.08. The topological polar surface area (TPSA) is 17.1 Å². The lowest BCUT2D eigenvalue weighted by molar-refractivity contribution is 0.0822. The molecule has 2 fully saturated rings. The Balaban J connectivity index is 1.57. The Morgan fingerprint density at radius 3 is 2.61 bits per heavy atom. The van der Waals surface area contributed by atoms with Crippen LogP contribution in [0.1, 0.15) is 85.2 Å². The van der Waals surface area contributed by atoms with Crippen LogP contribution in [0.15, 0.2) is 29.8 Å². The Morgan fingerprint density at radius 2 is 1.87 bits per heavy atom. The van der Waals surface area contributed by atoms with Gasteiger partial charge in [0.1, 0.15) is 0 Å². The van der Waals surface area contributed by atoms with Crippen molar-refractivity contribution in [2.75, 3.05) is 0 Å². The van der Waals surface area contributed by atoms with Gasteiger partial charge in [-0.25, -0.2) is 0 Å². The van der Waals surface area contributed by atoms with Gasteiger partial charge in [0.15, 0.2) is 5.78 Å². The highest BCUT2D eigenvalue weighted by atomic mass is 16.1. The molecule has 0 saturated heterocycles. The normalized spacial score (nSPS) is 33.1. The smallest absolute Gasteiger partial charge is 0.163 e. The van der Waals surface area contributed by atoms with Crippen LogP contribution in [-0.4, -0.2) is 5.78 Å². The van der Waals surface area contributed by atoms with E-state index in [9.17, 15) is 4.79 Å². The number of ketones is 1. The molecule has 0 heterocycles. The summed E-state index contributed by atoms with van der Waals surface area (Å²) in [5.74, 6) is 1.88. The fourth-order valence-electron chi connectivity index (χ4n) is 6.10. The Morgan fingerprint density at radius 1 is 1.00 bits per heavy atom. The number of allylic oxidation sites excluding steroid dienone is 2. The zero-order chi connectivity index (χ0) is 15.4. The first-order valence-corrected chi connectivity index (χ1v) is 9.58. The molecule has 1 aromatic rings. The summed E-state index contributed by atoms with van der Waals surface area (Å²) in [6, 6.07) is 6.58. The van der Waals surface area contributed by atoms with Gasteiger partial charge in [-0.1, -0.05) is 49.1 Å². The van der Waals surface area contributed by atoms with Crippen molar-refractivity contribution in [3.63, 3.8) is 0 Å². The highest BCUT2D eigenvalue weighted by Gasteiger charge is 2.51. The second kappa shape index (κ2) is 5.06. The van der Waals surface area contributed by atoms with E-state index >= 15 is 0 Å². The van der Waals surface area contributed by atoms with E-state index in [1.54, 1.807) is 5.57 Å². The fraction of sp³-hybridized carbons (Fsp3) is 0.591. The van der Waals surface area contributed by atoms with E-state index in [0.29, 0.717) is 11.7 Å². The number of Topliss-reactive ketones (excluding diaryl/α,β-unsaturated/α-hetero) is 1. The van der Waals surface area contributed by atoms with E-state index in [2.05, 4.69) is 24.3 Å². The zero-order valence-electron chi connectivity index (χ0n) is 13.9. The molecule has 5 rings (SSSR count). The van der Waals surface area contributed by atoms with Crippen molar-refractivity contribution in [2.45, 2.75) is 70.1 Å². The SMILES string of the molecule is O=C1CC2(CC3=CCC2C3)Cc2c1cccc2C1CCCCC1. The molecule has 2 bridgehead atoms. The number of carbonyl (C=O) groups excluding carboxylic acids is 1. The van der Waals surface area contributed by atoms with E-state index in [1.807, 2.05) is 0 Å². The molecule has 1 aromatic carbocycles. The molecule has 1 spiro atoms. The molecular formula is C22H26O. The predicted octanol–water partition coefficient (Wildman–Crippen LogP) is 5.59. The quantitative estimate of drug-likeness (QED) is 0.618. The average Bonchev–Trinajstić information content (AvgIpc) is 3.16. The van der Waals surface area contributed by atoms with Gasteiger partial charge in [-0.15, -0.1) is 0 Å². The first-order valence-electron chi connectivity index (χ1n) is 9.58. The molecule has 4 aliphatic carbocycles. The van der Waals surface area contributed by atoms with Crippen LogP contribution in [0, 0.1) is 11.3 Å². The summed E-state index contributed by atoms with van der Waals surface area (Å²) >= 11 is 0. The van der Waals surface area contributed by atoms with Crippen LogP contribution in [-0.2, 0) is 6.42 Å². The predicted molar refractivity (Wildman–Crippen MR) is 92.8 cm³/mol. The van der Waals surface area contributed by atoms with Crippen molar-refractivity contribution in [3.05, 3.63) is 46.5 Å². The molecule has 1 nitrogen and oxygen atoms in total. The molecule has 23 heavy (non-hydrogen) atoms. The van der Waals surface area contributed by atoms with Crippen LogP contribution < -0.4 is 0 Å². The van der Waals surface area contributed by atoms with Crippen molar-refractivity contribution in [2.24, 2.45) is 11.3 Å². The summed E-state index contributed by atoms with van der Waals surface area (Å²) in [7, 11) is 0. The molecule has 0 aliphatic heterocycles. The van der Waals surface area contributed by atoms with E-state index in [4.69, 9.17) is 0 Å². The van der Waals surface area contributed by atoms with E-state index in [-0.39, 0.29) is 5.41 Å². The first kappa shape index (κ1) is 14.0. The van der Waals surface area contributed by atoms with Crippen molar-refractivity contribution >= 4 is 5.78 Å². The maximum atomic E-state index is 12.9. The van der Waals surface area contributed by atoms with Crippen LogP contribution in [0.3, 0.4) is 0 Å². The third kappa shape index (κ3) is 2.08. The van der Waals surface area contributed by atoms with Gasteiger partial charge in [-0.05, 0) is 66.9 Å². The minimum absolute atomic E-state index is 0.277. The number of fused-ring (bicyclic) bond motifs is 4. The van der Waals surface area contributed by atoms with Crippen LogP contribution in [0.25, 0.3) is 0 Å². The summed E-state index contributed by atoms with van der Waals surface area (Å²) < 4.78 is 0. The van der Waals surface area contributed by atoms with Gasteiger partial charge in [0, 0.05) is 12.0 Å². The van der Waals surface area contributed by atoms with Gasteiger partial charge in [-0.2, -0.15) is 0 Å². The summed E-state index contributed by atoms with van der Waals surface area (Å²) in [5, 5.41) is 0. The van der Waals surface area contributed by atoms with Gasteiger partial charge < -0.3 is 0 Å². The molecular weight excluding hydrogens is 280 g/mol. The molecule has 120 valence electrons. The molecule has 4 aliphatic rings. The number of rotatable bonds is 1. The van der Waals surface area contributed by atoms with Crippen LogP contribution >= 0.6 is 0 Å². The summed E-state index contributed by atoms with van der Waals surface area (Å²) in [5.41, 5.74) is 5.96. The summed E-state index contributed by atoms with van der Waals surface area (Å²) in [6.45, 7) is 0. The Labute approximate surface area is 139 Å². The monoisotopic (exact) mass is 306 g/mol. The molecule has 0 aromatic heterocycles. The molecule has 2 saturated carbocycles. The highest BCUT2D eigenvalue weighted by molar-refractivity contribution is 5.99. The van der Waals surface area contributed by atoms with Crippen LogP contribution in [0.2, 0.25) is 0 Å². The maximum Gasteiger partial charge on any atom is 0.163 e. The summed E-state index contributed by atoms with van der Waals surface area (Å²) in [4.78, 5) is 12.9. The Hall–Kier alpha value is -1.37. The van der Waals surface area contributed by atoms with Crippen molar-refractivity contribution in [3.8, 4) is 0 Å². The van der Waals surface area contributed by atoms with Crippen LogP contribution in [0.5, 0.6) is 0 Å². The number of benzene rings is 1. The number of hydrogen-bond donors (Lipinski definition) is 0. The minimum Gasteiger partial charge on any atom is -0.294 e. The van der Waals surface area contributed by atoms with Gasteiger partial charge in [0.2, 0.25) is 0 Å². The molecule has 1 heteroatoms. The van der Waals surface area contributed by atoms with Crippen molar-refractivity contribution in [1.29, 1.82) is 0 Å². The lowest BCUT2D eigenvalue weighted by atomic mass is 9.62. The zero-order valence-corrected chi connectivity index (χ0v) is 13.9. The molecule has 0 radical (unpaired) electrons. The summed E-state index contributed by atoms with van der Waals surface area (Å²) in [6.07, 6.45) is 14.9. The average molecular weight is 306 g/mol. The van der Waals surface area contributed by atoms with Gasteiger partial charge in [0.05, 0.1) is 0 Å². The van der Waals surface area contributed by atoms with E-state index in [0.717, 1.165) is 17.9 Å². The maximum absolute atomic E-state index is 12.9. The van der Waals surface area contributed by atoms with Gasteiger partial charge in [0.25, 0.3) is 0 Å². The number of hydrogen-bond acceptors (Lipinski definition) is 1. The van der Waals surface area contributed by atoms with Gasteiger partial charge >= 0.3 is 0 Å². The highest BCUT2D eigenvalue weighted by Crippen LogP contribution is 2.59. The second-order valence-electron chi connectivity index (χ2n) is 8.52. The van der Waals surface area contributed by atoms with Crippen molar-refractivity contribution in [1.82, 2.24) is 0 Å². The first-order chi connectivity index (χ1) is 11.3. The van der Waals surface area contributed by atoms with Gasteiger partial charge in [-0.3, -0.25) is 4.79 Å². The standard InChI is InChI=1S/C22H26O/c23-21-14-22(12-15-9-10-17(22)11-15)13-20-18(7-4-8-19(20)21)16-5-2-1-3-6-16/h4,7-9,16-17H,1-3,5-6,10-14H2. The number of carbonyl (C=O) groups is 1. The largest absolute Gasteiger partial charge is 0.294 e. The second-order valence-corrected chi connectivity index (χ2v) is 8.52. The van der Waals surface area contributed by atoms with E-state index < -0.39 is 0 Å². The lowest BCUT2D eigenvalue weighted by Gasteiger charge is -2.41. The Bertz CT molecular complexity index is 692. The molecule has 2 atom stereocenters. The van der Waals surface area contributed by atoms with Crippen molar-refractivity contribution < 1.29 is 4.79 Å². The third-order valence-electron chi connectivity index (χ3n) is 7.24. The minimum atomic E-state index is 0.277. The molecule has 0 amide bonds. The lowest BCUT2D eigenvalue weighted by Crippen LogP contribution is -2.37. The third-order valence-corrected chi connectivity index (χ3v) is 7.24.